The molecule has 0 saturated carbocycles. The first kappa shape index (κ1) is 14.6. The molecule has 5 nitrogen and oxygen atoms in total. The van der Waals surface area contributed by atoms with Crippen molar-refractivity contribution in [1.82, 2.24) is 4.90 Å². The van der Waals surface area contributed by atoms with Gasteiger partial charge >= 0.3 is 0 Å². The van der Waals surface area contributed by atoms with Crippen molar-refractivity contribution in [2.24, 2.45) is 10.7 Å². The van der Waals surface area contributed by atoms with Crippen molar-refractivity contribution in [1.29, 1.82) is 0 Å². The highest BCUT2D eigenvalue weighted by molar-refractivity contribution is 5.78. The summed E-state index contributed by atoms with van der Waals surface area (Å²) in [4.78, 5) is 8.48. The molecule has 1 aliphatic heterocycles. The first-order valence-corrected chi connectivity index (χ1v) is 6.87. The number of aliphatic hydroxyl groups excluding tert-OH is 1. The summed E-state index contributed by atoms with van der Waals surface area (Å²) in [6.45, 7) is 3.96. The summed E-state index contributed by atoms with van der Waals surface area (Å²) >= 11 is 0. The van der Waals surface area contributed by atoms with Gasteiger partial charge in [0.2, 0.25) is 0 Å². The van der Waals surface area contributed by atoms with Crippen molar-refractivity contribution >= 4 is 11.6 Å². The molecule has 2 rings (SSSR count). The molecule has 1 aromatic rings. The minimum atomic E-state index is -0.215. The van der Waals surface area contributed by atoms with Crippen molar-refractivity contribution < 1.29 is 9.50 Å². The number of halogens is 1. The molecule has 0 radical (unpaired) electrons. The number of nitrogens with zero attached hydrogens (tertiary/aromatic N) is 3. The van der Waals surface area contributed by atoms with E-state index in [4.69, 9.17) is 10.8 Å². The summed E-state index contributed by atoms with van der Waals surface area (Å²) in [6, 6.07) is 6.55. The molecule has 0 atom stereocenters. The second-order valence-electron chi connectivity index (χ2n) is 4.77. The van der Waals surface area contributed by atoms with Crippen LogP contribution >= 0.6 is 0 Å². The third-order valence-electron chi connectivity index (χ3n) is 3.39. The van der Waals surface area contributed by atoms with E-state index in [9.17, 15) is 4.39 Å². The fraction of sp³-hybridized carbons (Fsp3) is 0.500. The zero-order chi connectivity index (χ0) is 14.4. The van der Waals surface area contributed by atoms with Gasteiger partial charge in [-0.15, -0.1) is 0 Å². The van der Waals surface area contributed by atoms with Gasteiger partial charge in [-0.3, -0.25) is 4.99 Å². The zero-order valence-corrected chi connectivity index (χ0v) is 11.5. The molecule has 6 heteroatoms. The molecule has 1 aliphatic rings. The second-order valence-corrected chi connectivity index (χ2v) is 4.77. The lowest BCUT2D eigenvalue weighted by atomic mass is 10.2. The lowest BCUT2D eigenvalue weighted by Crippen LogP contribution is -2.51. The molecule has 0 amide bonds. The SMILES string of the molecule is NC(=NCCCO)N1CCN(c2ccc(F)cc2)CC1. The fourth-order valence-corrected chi connectivity index (χ4v) is 2.21. The molecule has 0 unspecified atom stereocenters. The molecular weight excluding hydrogens is 259 g/mol. The van der Waals surface area contributed by atoms with E-state index in [0.29, 0.717) is 18.9 Å². The quantitative estimate of drug-likeness (QED) is 0.483. The molecule has 0 aliphatic carbocycles. The zero-order valence-electron chi connectivity index (χ0n) is 11.5. The topological polar surface area (TPSA) is 65.1 Å². The third kappa shape index (κ3) is 3.84. The van der Waals surface area contributed by atoms with E-state index in [0.717, 1.165) is 31.9 Å². The highest BCUT2D eigenvalue weighted by Crippen LogP contribution is 2.16. The van der Waals surface area contributed by atoms with Crippen LogP contribution in [-0.2, 0) is 0 Å². The number of piperazine rings is 1. The number of benzene rings is 1. The van der Waals surface area contributed by atoms with Gasteiger partial charge in [-0.1, -0.05) is 0 Å². The smallest absolute Gasteiger partial charge is 0.191 e. The van der Waals surface area contributed by atoms with Crippen LogP contribution in [0.5, 0.6) is 0 Å². The van der Waals surface area contributed by atoms with Crippen LogP contribution in [0.4, 0.5) is 10.1 Å². The van der Waals surface area contributed by atoms with E-state index in [1.165, 1.54) is 12.1 Å². The van der Waals surface area contributed by atoms with E-state index >= 15 is 0 Å². The standard InChI is InChI=1S/C14H21FN4O/c15-12-2-4-13(5-3-12)18-7-9-19(10-8-18)14(16)17-6-1-11-20/h2-5,20H,1,6-11H2,(H2,16,17). The molecule has 1 saturated heterocycles. The normalized spacial score (nSPS) is 16.6. The van der Waals surface area contributed by atoms with E-state index in [1.54, 1.807) is 12.1 Å². The van der Waals surface area contributed by atoms with E-state index in [2.05, 4.69) is 9.89 Å². The minimum Gasteiger partial charge on any atom is -0.396 e. The summed E-state index contributed by atoms with van der Waals surface area (Å²) in [6.07, 6.45) is 0.635. The van der Waals surface area contributed by atoms with Gasteiger partial charge in [0, 0.05) is 45.0 Å². The first-order valence-electron chi connectivity index (χ1n) is 6.87. The number of guanidine groups is 1. The summed E-state index contributed by atoms with van der Waals surface area (Å²) in [5.41, 5.74) is 6.95. The van der Waals surface area contributed by atoms with Crippen LogP contribution in [0.15, 0.2) is 29.3 Å². The number of aliphatic hydroxyl groups is 1. The van der Waals surface area contributed by atoms with Crippen LogP contribution in [0.2, 0.25) is 0 Å². The Labute approximate surface area is 118 Å². The van der Waals surface area contributed by atoms with Gasteiger partial charge in [0.05, 0.1) is 0 Å². The lowest BCUT2D eigenvalue weighted by molar-refractivity contribution is 0.290. The summed E-state index contributed by atoms with van der Waals surface area (Å²) in [5, 5.41) is 8.71. The van der Waals surface area contributed by atoms with Gasteiger partial charge < -0.3 is 20.6 Å². The van der Waals surface area contributed by atoms with Gasteiger partial charge in [-0.25, -0.2) is 4.39 Å². The maximum absolute atomic E-state index is 12.9. The minimum absolute atomic E-state index is 0.134. The Kier molecular flexibility index (Phi) is 5.17. The van der Waals surface area contributed by atoms with Crippen LogP contribution < -0.4 is 10.6 Å². The number of anilines is 1. The monoisotopic (exact) mass is 280 g/mol. The average molecular weight is 280 g/mol. The average Bonchev–Trinajstić information content (AvgIpc) is 2.48. The molecule has 0 aromatic heterocycles. The highest BCUT2D eigenvalue weighted by Gasteiger charge is 2.18. The largest absolute Gasteiger partial charge is 0.396 e. The van der Waals surface area contributed by atoms with Gasteiger partial charge in [0.25, 0.3) is 0 Å². The van der Waals surface area contributed by atoms with Crippen molar-refractivity contribution in [3.8, 4) is 0 Å². The summed E-state index contributed by atoms with van der Waals surface area (Å²) < 4.78 is 12.9. The third-order valence-corrected chi connectivity index (χ3v) is 3.39. The van der Waals surface area contributed by atoms with E-state index in [1.807, 2.05) is 4.90 Å². The number of hydrogen-bond acceptors (Lipinski definition) is 3. The summed E-state index contributed by atoms with van der Waals surface area (Å²) in [5.74, 6) is 0.324. The number of nitrogens with two attached hydrogens (primary N) is 1. The lowest BCUT2D eigenvalue weighted by Gasteiger charge is -2.36. The Balaban J connectivity index is 1.85. The molecule has 1 heterocycles. The molecule has 3 N–H and O–H groups in total. The van der Waals surface area contributed by atoms with Crippen LogP contribution in [0, 0.1) is 5.82 Å². The van der Waals surface area contributed by atoms with Crippen molar-refractivity contribution in [2.45, 2.75) is 6.42 Å². The van der Waals surface area contributed by atoms with Gasteiger partial charge in [-0.05, 0) is 30.7 Å². The van der Waals surface area contributed by atoms with Crippen molar-refractivity contribution in [3.63, 3.8) is 0 Å². The van der Waals surface area contributed by atoms with Gasteiger partial charge in [-0.2, -0.15) is 0 Å². The molecule has 20 heavy (non-hydrogen) atoms. The molecule has 0 spiro atoms. The van der Waals surface area contributed by atoms with Crippen LogP contribution in [-0.4, -0.2) is 55.3 Å². The Morgan fingerprint density at radius 1 is 1.20 bits per heavy atom. The van der Waals surface area contributed by atoms with Gasteiger partial charge in [0.15, 0.2) is 5.96 Å². The fourth-order valence-electron chi connectivity index (χ4n) is 2.21. The van der Waals surface area contributed by atoms with Crippen molar-refractivity contribution in [2.75, 3.05) is 44.2 Å². The maximum Gasteiger partial charge on any atom is 0.191 e. The molecule has 1 fully saturated rings. The number of aliphatic imine (C=N–C) groups is 1. The summed E-state index contributed by atoms with van der Waals surface area (Å²) in [7, 11) is 0. The highest BCUT2D eigenvalue weighted by atomic mass is 19.1. The maximum atomic E-state index is 12.9. The predicted octanol–water partition coefficient (Wildman–Crippen LogP) is 0.645. The number of rotatable bonds is 4. The second kappa shape index (κ2) is 7.09. The molecule has 0 bridgehead atoms. The van der Waals surface area contributed by atoms with Crippen molar-refractivity contribution in [3.05, 3.63) is 30.1 Å². The number of hydrogen-bond donors (Lipinski definition) is 2. The Hall–Kier alpha value is -1.82. The van der Waals surface area contributed by atoms with Crippen LogP contribution in [0.25, 0.3) is 0 Å². The Morgan fingerprint density at radius 3 is 2.45 bits per heavy atom. The molecule has 1 aromatic carbocycles. The van der Waals surface area contributed by atoms with E-state index < -0.39 is 0 Å². The van der Waals surface area contributed by atoms with E-state index in [-0.39, 0.29) is 12.4 Å². The van der Waals surface area contributed by atoms with Crippen LogP contribution in [0.1, 0.15) is 6.42 Å². The Bertz CT molecular complexity index is 441. The first-order chi connectivity index (χ1) is 9.70. The Morgan fingerprint density at radius 2 is 1.85 bits per heavy atom. The van der Waals surface area contributed by atoms with Gasteiger partial charge in [0.1, 0.15) is 5.82 Å². The van der Waals surface area contributed by atoms with Crippen LogP contribution in [0.3, 0.4) is 0 Å². The molecular formula is C14H21FN4O. The molecule has 110 valence electrons. The predicted molar refractivity (Wildman–Crippen MR) is 78.4 cm³/mol.